The van der Waals surface area contributed by atoms with Gasteiger partial charge in [-0.3, -0.25) is 0 Å². The van der Waals surface area contributed by atoms with Gasteiger partial charge in [0.1, 0.15) is 11.5 Å². The van der Waals surface area contributed by atoms with Gasteiger partial charge in [0.15, 0.2) is 0 Å². The summed E-state index contributed by atoms with van der Waals surface area (Å²) < 4.78 is 23.6. The molecule has 6 heteroatoms. The molecule has 0 bridgehead atoms. The minimum atomic E-state index is -0.436. The lowest BCUT2D eigenvalue weighted by molar-refractivity contribution is 0.00578. The van der Waals surface area contributed by atoms with Gasteiger partial charge < -0.3 is 23.8 Å². The van der Waals surface area contributed by atoms with Gasteiger partial charge >= 0.3 is 7.12 Å². The van der Waals surface area contributed by atoms with E-state index in [0.717, 1.165) is 38.8 Å². The van der Waals surface area contributed by atoms with Crippen LogP contribution in [0, 0.1) is 0 Å². The normalized spacial score (nSPS) is 18.6. The van der Waals surface area contributed by atoms with Crippen LogP contribution < -0.4 is 14.9 Å². The number of rotatable bonds is 3. The molecule has 1 saturated heterocycles. The monoisotopic (exact) mass is 353 g/mol. The van der Waals surface area contributed by atoms with Crippen molar-refractivity contribution in [2.45, 2.75) is 38.9 Å². The van der Waals surface area contributed by atoms with Crippen molar-refractivity contribution in [1.29, 1.82) is 0 Å². The maximum Gasteiger partial charge on any atom is 0.494 e. The second-order valence-corrected chi connectivity index (χ2v) is 7.74. The third kappa shape index (κ3) is 2.40. The Bertz CT molecular complexity index is 976. The molecule has 1 fully saturated rings. The molecule has 1 N–H and O–H groups in total. The molecule has 0 atom stereocenters. The first kappa shape index (κ1) is 17.2. The molecule has 1 aliphatic rings. The maximum atomic E-state index is 6.22. The molecule has 3 aromatic rings. The number of H-pyrrole nitrogens is 1. The fraction of sp³-hybridized carbons (Fsp3) is 0.400. The predicted octanol–water partition coefficient (Wildman–Crippen LogP) is 3.64. The number of ether oxygens (including phenoxy) is 2. The lowest BCUT2D eigenvalue weighted by Crippen LogP contribution is -2.41. The van der Waals surface area contributed by atoms with E-state index in [1.165, 1.54) is 0 Å². The van der Waals surface area contributed by atoms with Crippen LogP contribution in [-0.4, -0.2) is 37.5 Å². The van der Waals surface area contributed by atoms with Gasteiger partial charge in [0.2, 0.25) is 0 Å². The van der Waals surface area contributed by atoms with Crippen LogP contribution >= 0.6 is 0 Å². The molecular formula is C20H24BNO4. The summed E-state index contributed by atoms with van der Waals surface area (Å²) in [6.45, 7) is 8.22. The zero-order valence-electron chi connectivity index (χ0n) is 16.1. The van der Waals surface area contributed by atoms with E-state index in [4.69, 9.17) is 18.8 Å². The van der Waals surface area contributed by atoms with Gasteiger partial charge in [-0.2, -0.15) is 0 Å². The van der Waals surface area contributed by atoms with E-state index in [-0.39, 0.29) is 11.2 Å². The standard InChI is InChI=1S/C20H24BNO4/c1-19(2)20(3,4)26-21(25-19)12-10-14-13-8-7-9-15(23-5)17(13)22-18(14)16(11-12)24-6/h7-11,22H,1-6H3. The van der Waals surface area contributed by atoms with E-state index >= 15 is 0 Å². The Kier molecular flexibility index (Phi) is 3.76. The summed E-state index contributed by atoms with van der Waals surface area (Å²) >= 11 is 0. The summed E-state index contributed by atoms with van der Waals surface area (Å²) in [5.74, 6) is 1.56. The topological polar surface area (TPSA) is 52.7 Å². The highest BCUT2D eigenvalue weighted by Crippen LogP contribution is 2.39. The van der Waals surface area contributed by atoms with Crippen molar-refractivity contribution in [2.75, 3.05) is 14.2 Å². The molecule has 4 rings (SSSR count). The lowest BCUT2D eigenvalue weighted by atomic mass is 9.78. The van der Waals surface area contributed by atoms with Crippen LogP contribution in [0.4, 0.5) is 0 Å². The lowest BCUT2D eigenvalue weighted by Gasteiger charge is -2.32. The van der Waals surface area contributed by atoms with E-state index in [9.17, 15) is 0 Å². The van der Waals surface area contributed by atoms with Crippen LogP contribution in [-0.2, 0) is 9.31 Å². The molecule has 2 aromatic carbocycles. The van der Waals surface area contributed by atoms with Crippen molar-refractivity contribution >= 4 is 34.4 Å². The fourth-order valence-corrected chi connectivity index (χ4v) is 3.43. The van der Waals surface area contributed by atoms with E-state index in [1.54, 1.807) is 14.2 Å². The number of fused-ring (bicyclic) bond motifs is 3. The van der Waals surface area contributed by atoms with E-state index in [1.807, 2.05) is 18.2 Å². The zero-order valence-corrected chi connectivity index (χ0v) is 16.1. The molecule has 0 radical (unpaired) electrons. The number of nitrogens with one attached hydrogen (secondary N) is 1. The first-order chi connectivity index (χ1) is 12.3. The molecule has 1 aliphatic heterocycles. The number of methoxy groups -OCH3 is 2. The Hall–Kier alpha value is -2.18. The van der Waals surface area contributed by atoms with Crippen LogP contribution in [0.5, 0.6) is 11.5 Å². The van der Waals surface area contributed by atoms with Gasteiger partial charge in [0.05, 0.1) is 36.5 Å². The third-order valence-electron chi connectivity index (χ3n) is 5.66. The van der Waals surface area contributed by atoms with Gasteiger partial charge in [0.25, 0.3) is 0 Å². The largest absolute Gasteiger partial charge is 0.495 e. The Morgan fingerprint density at radius 2 is 1.46 bits per heavy atom. The van der Waals surface area contributed by atoms with E-state index in [0.29, 0.717) is 0 Å². The van der Waals surface area contributed by atoms with Crippen LogP contribution in [0.15, 0.2) is 30.3 Å². The number of hydrogen-bond acceptors (Lipinski definition) is 4. The molecule has 1 aromatic heterocycles. The van der Waals surface area contributed by atoms with Gasteiger partial charge in [-0.25, -0.2) is 0 Å². The molecule has 0 spiro atoms. The van der Waals surface area contributed by atoms with Crippen molar-refractivity contribution in [1.82, 2.24) is 4.98 Å². The third-order valence-corrected chi connectivity index (χ3v) is 5.66. The van der Waals surface area contributed by atoms with Crippen molar-refractivity contribution < 1.29 is 18.8 Å². The number of aromatic amines is 1. The van der Waals surface area contributed by atoms with E-state index in [2.05, 4.69) is 44.8 Å². The number of hydrogen-bond donors (Lipinski definition) is 1. The van der Waals surface area contributed by atoms with Gasteiger partial charge in [-0.05, 0) is 45.3 Å². The van der Waals surface area contributed by atoms with Crippen molar-refractivity contribution in [3.05, 3.63) is 30.3 Å². The van der Waals surface area contributed by atoms with Crippen LogP contribution in [0.2, 0.25) is 0 Å². The number of benzene rings is 2. The SMILES string of the molecule is COc1cccc2c1[nH]c1c(OC)cc(B3OC(C)(C)C(C)(C)O3)cc12. The minimum Gasteiger partial charge on any atom is -0.495 e. The second kappa shape index (κ2) is 5.66. The van der Waals surface area contributed by atoms with Gasteiger partial charge in [0, 0.05) is 10.8 Å². The molecule has 0 unspecified atom stereocenters. The van der Waals surface area contributed by atoms with Crippen LogP contribution in [0.1, 0.15) is 27.7 Å². The van der Waals surface area contributed by atoms with Crippen LogP contribution in [0.25, 0.3) is 21.8 Å². The fourth-order valence-electron chi connectivity index (χ4n) is 3.43. The molecule has 2 heterocycles. The average molecular weight is 353 g/mol. The second-order valence-electron chi connectivity index (χ2n) is 7.74. The molecular weight excluding hydrogens is 329 g/mol. The highest BCUT2D eigenvalue weighted by Gasteiger charge is 2.51. The molecule has 5 nitrogen and oxygen atoms in total. The Morgan fingerprint density at radius 1 is 0.846 bits per heavy atom. The number of para-hydroxylation sites is 1. The maximum absolute atomic E-state index is 6.22. The molecule has 136 valence electrons. The van der Waals surface area contributed by atoms with Crippen molar-refractivity contribution in [3.8, 4) is 11.5 Å². The average Bonchev–Trinajstić information content (AvgIpc) is 3.08. The number of aromatic nitrogens is 1. The van der Waals surface area contributed by atoms with Gasteiger partial charge in [-0.15, -0.1) is 0 Å². The predicted molar refractivity (Wildman–Crippen MR) is 105 cm³/mol. The highest BCUT2D eigenvalue weighted by molar-refractivity contribution is 6.62. The Labute approximate surface area is 153 Å². The summed E-state index contributed by atoms with van der Waals surface area (Å²) in [5, 5.41) is 2.14. The first-order valence-electron chi connectivity index (χ1n) is 8.79. The summed E-state index contributed by atoms with van der Waals surface area (Å²) in [7, 11) is 2.91. The van der Waals surface area contributed by atoms with Gasteiger partial charge in [-0.1, -0.05) is 18.2 Å². The molecule has 0 saturated carbocycles. The van der Waals surface area contributed by atoms with Crippen molar-refractivity contribution in [3.63, 3.8) is 0 Å². The van der Waals surface area contributed by atoms with Crippen LogP contribution in [0.3, 0.4) is 0 Å². The zero-order chi connectivity index (χ0) is 18.7. The van der Waals surface area contributed by atoms with E-state index < -0.39 is 7.12 Å². The quantitative estimate of drug-likeness (QED) is 0.731. The molecule has 0 aliphatic carbocycles. The summed E-state index contributed by atoms with van der Waals surface area (Å²) in [4.78, 5) is 3.44. The highest BCUT2D eigenvalue weighted by atomic mass is 16.7. The molecule has 0 amide bonds. The summed E-state index contributed by atoms with van der Waals surface area (Å²) in [5.41, 5.74) is 2.06. The summed E-state index contributed by atoms with van der Waals surface area (Å²) in [6, 6.07) is 10.1. The first-order valence-corrected chi connectivity index (χ1v) is 8.79. The Balaban J connectivity index is 1.92. The smallest absolute Gasteiger partial charge is 0.494 e. The Morgan fingerprint density at radius 3 is 2.08 bits per heavy atom. The van der Waals surface area contributed by atoms with Crippen molar-refractivity contribution in [2.24, 2.45) is 0 Å². The summed E-state index contributed by atoms with van der Waals surface area (Å²) in [6.07, 6.45) is 0. The minimum absolute atomic E-state index is 0.386. The molecule has 26 heavy (non-hydrogen) atoms.